The second kappa shape index (κ2) is 2.53. The van der Waals surface area contributed by atoms with E-state index in [1.165, 1.54) is 0 Å². The highest BCUT2D eigenvalue weighted by Crippen LogP contribution is 2.31. The Balaban J connectivity index is 2.94. The largest absolute Gasteiger partial charge is 0.369 e. The topological polar surface area (TPSA) is 43.1 Å². The summed E-state index contributed by atoms with van der Waals surface area (Å²) >= 11 is 0. The van der Waals surface area contributed by atoms with Crippen molar-refractivity contribution in [3.05, 3.63) is 24.3 Å². The first-order valence-corrected chi connectivity index (χ1v) is 3.73. The van der Waals surface area contributed by atoms with Gasteiger partial charge in [0.05, 0.1) is 5.41 Å². The zero-order valence-corrected chi connectivity index (χ0v) is 6.87. The van der Waals surface area contributed by atoms with Crippen molar-refractivity contribution < 1.29 is 4.79 Å². The van der Waals surface area contributed by atoms with Gasteiger partial charge < -0.3 is 5.73 Å². The Kier molecular flexibility index (Phi) is 1.85. The summed E-state index contributed by atoms with van der Waals surface area (Å²) in [5.41, 5.74) is 4.78. The van der Waals surface area contributed by atoms with Crippen LogP contribution in [0.2, 0.25) is 0 Å². The number of hydrogen-bond donors (Lipinski definition) is 1. The molecule has 0 bridgehead atoms. The molecule has 1 rings (SSSR count). The molecule has 2 heteroatoms. The van der Waals surface area contributed by atoms with Crippen LogP contribution in [0.5, 0.6) is 0 Å². The highest BCUT2D eigenvalue weighted by molar-refractivity contribution is 5.83. The van der Waals surface area contributed by atoms with Crippen LogP contribution < -0.4 is 5.73 Å². The SMILES string of the molecule is C[C@@H]1C=CC=C[C@@]1(C)C(N)=O. The van der Waals surface area contributed by atoms with Crippen LogP contribution in [0.1, 0.15) is 13.8 Å². The lowest BCUT2D eigenvalue weighted by Gasteiger charge is -2.29. The minimum atomic E-state index is -0.491. The average Bonchev–Trinajstić information content (AvgIpc) is 1.95. The van der Waals surface area contributed by atoms with Crippen molar-refractivity contribution in [2.45, 2.75) is 13.8 Å². The number of amides is 1. The van der Waals surface area contributed by atoms with Gasteiger partial charge in [0.1, 0.15) is 0 Å². The zero-order valence-electron chi connectivity index (χ0n) is 6.87. The van der Waals surface area contributed by atoms with E-state index >= 15 is 0 Å². The molecule has 60 valence electrons. The number of carbonyl (C=O) groups is 1. The normalized spacial score (nSPS) is 35.6. The van der Waals surface area contributed by atoms with Crippen molar-refractivity contribution in [1.29, 1.82) is 0 Å². The summed E-state index contributed by atoms with van der Waals surface area (Å²) in [6, 6.07) is 0. The molecule has 0 saturated carbocycles. The summed E-state index contributed by atoms with van der Waals surface area (Å²) in [6.07, 6.45) is 7.66. The van der Waals surface area contributed by atoms with Crippen molar-refractivity contribution in [3.8, 4) is 0 Å². The van der Waals surface area contributed by atoms with Crippen LogP contribution in [0.4, 0.5) is 0 Å². The molecular weight excluding hydrogens is 138 g/mol. The Hall–Kier alpha value is -1.05. The molecular formula is C9H13NO. The number of nitrogens with two attached hydrogens (primary N) is 1. The fourth-order valence-electron chi connectivity index (χ4n) is 1.14. The van der Waals surface area contributed by atoms with Gasteiger partial charge in [0, 0.05) is 0 Å². The van der Waals surface area contributed by atoms with E-state index in [2.05, 4.69) is 0 Å². The summed E-state index contributed by atoms with van der Waals surface area (Å²) < 4.78 is 0. The Labute approximate surface area is 66.8 Å². The Morgan fingerprint density at radius 3 is 2.55 bits per heavy atom. The maximum atomic E-state index is 11.0. The van der Waals surface area contributed by atoms with Crippen molar-refractivity contribution in [2.75, 3.05) is 0 Å². The maximum Gasteiger partial charge on any atom is 0.227 e. The lowest BCUT2D eigenvalue weighted by Crippen LogP contribution is -2.38. The maximum absolute atomic E-state index is 11.0. The summed E-state index contributed by atoms with van der Waals surface area (Å²) in [5.74, 6) is -0.0596. The fraction of sp³-hybridized carbons (Fsp3) is 0.444. The van der Waals surface area contributed by atoms with E-state index in [1.54, 1.807) is 0 Å². The van der Waals surface area contributed by atoms with Crippen molar-refractivity contribution in [2.24, 2.45) is 17.1 Å². The van der Waals surface area contributed by atoms with Gasteiger partial charge in [-0.3, -0.25) is 4.79 Å². The van der Waals surface area contributed by atoms with E-state index in [9.17, 15) is 4.79 Å². The summed E-state index contributed by atoms with van der Waals surface area (Å²) in [4.78, 5) is 11.0. The monoisotopic (exact) mass is 151 g/mol. The Morgan fingerprint density at radius 2 is 2.18 bits per heavy atom. The van der Waals surface area contributed by atoms with E-state index in [1.807, 2.05) is 38.2 Å². The van der Waals surface area contributed by atoms with Gasteiger partial charge in [-0.15, -0.1) is 0 Å². The van der Waals surface area contributed by atoms with Crippen molar-refractivity contribution >= 4 is 5.91 Å². The number of hydrogen-bond acceptors (Lipinski definition) is 1. The summed E-state index contributed by atoms with van der Waals surface area (Å²) in [6.45, 7) is 3.85. The van der Waals surface area contributed by atoms with Gasteiger partial charge in [-0.05, 0) is 12.8 Å². The van der Waals surface area contributed by atoms with Crippen LogP contribution in [0.15, 0.2) is 24.3 Å². The second-order valence-electron chi connectivity index (χ2n) is 3.18. The highest BCUT2D eigenvalue weighted by atomic mass is 16.1. The molecule has 2 atom stereocenters. The molecule has 0 aromatic rings. The third-order valence-electron chi connectivity index (χ3n) is 2.43. The van der Waals surface area contributed by atoms with E-state index in [0.29, 0.717) is 0 Å². The molecule has 2 N–H and O–H groups in total. The molecule has 2 nitrogen and oxygen atoms in total. The average molecular weight is 151 g/mol. The fourth-order valence-corrected chi connectivity index (χ4v) is 1.14. The number of carbonyl (C=O) groups excluding carboxylic acids is 1. The molecule has 0 spiro atoms. The second-order valence-corrected chi connectivity index (χ2v) is 3.18. The molecule has 0 unspecified atom stereocenters. The van der Waals surface area contributed by atoms with Crippen LogP contribution in [0.25, 0.3) is 0 Å². The van der Waals surface area contributed by atoms with Gasteiger partial charge in [0.25, 0.3) is 0 Å². The molecule has 0 radical (unpaired) electrons. The van der Waals surface area contributed by atoms with Gasteiger partial charge in [-0.1, -0.05) is 31.2 Å². The molecule has 0 heterocycles. The van der Waals surface area contributed by atoms with Crippen molar-refractivity contribution in [1.82, 2.24) is 0 Å². The molecule has 0 aromatic heterocycles. The van der Waals surface area contributed by atoms with Gasteiger partial charge in [0.2, 0.25) is 5.91 Å². The minimum Gasteiger partial charge on any atom is -0.369 e. The summed E-state index contributed by atoms with van der Waals surface area (Å²) in [7, 11) is 0. The number of primary amides is 1. The zero-order chi connectivity index (χ0) is 8.48. The number of allylic oxidation sites excluding steroid dienone is 3. The first-order chi connectivity index (χ1) is 5.07. The van der Waals surface area contributed by atoms with E-state index in [0.717, 1.165) is 0 Å². The van der Waals surface area contributed by atoms with E-state index in [-0.39, 0.29) is 11.8 Å². The molecule has 0 aromatic carbocycles. The molecule has 11 heavy (non-hydrogen) atoms. The standard InChI is InChI=1S/C9H13NO/c1-7-5-3-4-6-9(7,2)8(10)11/h3-7H,1-2H3,(H2,10,11)/t7-,9-/m1/s1. The van der Waals surface area contributed by atoms with Gasteiger partial charge in [0.15, 0.2) is 0 Å². The van der Waals surface area contributed by atoms with Gasteiger partial charge >= 0.3 is 0 Å². The van der Waals surface area contributed by atoms with Gasteiger partial charge in [-0.2, -0.15) is 0 Å². The van der Waals surface area contributed by atoms with Crippen LogP contribution in [-0.2, 0) is 4.79 Å². The first-order valence-electron chi connectivity index (χ1n) is 3.73. The third-order valence-corrected chi connectivity index (χ3v) is 2.43. The number of rotatable bonds is 1. The Bertz CT molecular complexity index is 230. The lowest BCUT2D eigenvalue weighted by atomic mass is 9.75. The smallest absolute Gasteiger partial charge is 0.227 e. The molecule has 1 aliphatic carbocycles. The molecule has 1 amide bonds. The Morgan fingerprint density at radius 1 is 1.55 bits per heavy atom. The van der Waals surface area contributed by atoms with Gasteiger partial charge in [-0.25, -0.2) is 0 Å². The molecule has 0 aliphatic heterocycles. The molecule has 1 aliphatic rings. The summed E-state index contributed by atoms with van der Waals surface area (Å²) in [5, 5.41) is 0. The highest BCUT2D eigenvalue weighted by Gasteiger charge is 2.33. The minimum absolute atomic E-state index is 0.199. The molecule has 0 fully saturated rings. The first kappa shape index (κ1) is 8.05. The van der Waals surface area contributed by atoms with Crippen LogP contribution in [0.3, 0.4) is 0 Å². The molecule has 0 saturated heterocycles. The van der Waals surface area contributed by atoms with Crippen LogP contribution >= 0.6 is 0 Å². The predicted molar refractivity (Wildman–Crippen MR) is 44.7 cm³/mol. The van der Waals surface area contributed by atoms with E-state index in [4.69, 9.17) is 5.73 Å². The third kappa shape index (κ3) is 1.20. The lowest BCUT2D eigenvalue weighted by molar-refractivity contribution is -0.125. The predicted octanol–water partition coefficient (Wildman–Crippen LogP) is 1.24. The van der Waals surface area contributed by atoms with Crippen molar-refractivity contribution in [3.63, 3.8) is 0 Å². The quantitative estimate of drug-likeness (QED) is 0.602. The van der Waals surface area contributed by atoms with Crippen LogP contribution in [-0.4, -0.2) is 5.91 Å². The van der Waals surface area contributed by atoms with Crippen LogP contribution in [0, 0.1) is 11.3 Å². The van der Waals surface area contributed by atoms with E-state index < -0.39 is 5.41 Å².